The molecule has 1 aromatic heterocycles. The van der Waals surface area contributed by atoms with Crippen LogP contribution in [0.5, 0.6) is 0 Å². The topological polar surface area (TPSA) is 75.6 Å². The lowest BCUT2D eigenvalue weighted by atomic mass is 9.82. The second kappa shape index (κ2) is 8.14. The fraction of sp³-hybridized carbons (Fsp3) is 0.842. The van der Waals surface area contributed by atoms with E-state index in [0.29, 0.717) is 32.4 Å². The minimum absolute atomic E-state index is 0.121. The number of ether oxygens (including phenoxy) is 2. The van der Waals surface area contributed by atoms with Gasteiger partial charge in [0.2, 0.25) is 17.8 Å². The Bertz CT molecular complexity index is 583. The molecule has 2 saturated heterocycles. The Hall–Kier alpha value is -1.67. The molecule has 2 aliphatic rings. The van der Waals surface area contributed by atoms with Crippen LogP contribution >= 0.6 is 0 Å². The molecule has 0 spiro atoms. The number of anilines is 3. The predicted molar refractivity (Wildman–Crippen MR) is 108 cm³/mol. The molecule has 8 heteroatoms. The van der Waals surface area contributed by atoms with Crippen molar-refractivity contribution in [2.24, 2.45) is 5.41 Å². The molecule has 0 radical (unpaired) electrons. The van der Waals surface area contributed by atoms with E-state index in [2.05, 4.69) is 49.7 Å². The zero-order chi connectivity index (χ0) is 19.5. The van der Waals surface area contributed by atoms with E-state index < -0.39 is 0 Å². The summed E-state index contributed by atoms with van der Waals surface area (Å²) >= 11 is 0. The Morgan fingerprint density at radius 3 is 1.63 bits per heavy atom. The molecule has 0 aromatic carbocycles. The van der Waals surface area contributed by atoms with E-state index in [9.17, 15) is 0 Å². The molecule has 2 aliphatic heterocycles. The van der Waals surface area contributed by atoms with Crippen molar-refractivity contribution in [1.82, 2.24) is 15.0 Å². The van der Waals surface area contributed by atoms with Gasteiger partial charge in [0.25, 0.3) is 0 Å². The lowest BCUT2D eigenvalue weighted by molar-refractivity contribution is 0.121. The molecule has 0 bridgehead atoms. The predicted octanol–water partition coefficient (Wildman–Crippen LogP) is 2.17. The van der Waals surface area contributed by atoms with Gasteiger partial charge < -0.3 is 24.6 Å². The summed E-state index contributed by atoms with van der Waals surface area (Å²) in [4.78, 5) is 18.6. The molecule has 3 heterocycles. The SMILES string of the molecule is CC(C)(C)CC(C)(C)Nc1nc(N2CCOCC2)nc(N2CCOCC2)n1. The van der Waals surface area contributed by atoms with E-state index >= 15 is 0 Å². The van der Waals surface area contributed by atoms with Crippen LogP contribution in [-0.4, -0.2) is 73.1 Å². The molecule has 3 rings (SSSR count). The summed E-state index contributed by atoms with van der Waals surface area (Å²) in [7, 11) is 0. The van der Waals surface area contributed by atoms with Gasteiger partial charge in [-0.2, -0.15) is 15.0 Å². The van der Waals surface area contributed by atoms with Gasteiger partial charge in [0.1, 0.15) is 0 Å². The van der Waals surface area contributed by atoms with Crippen LogP contribution in [0.2, 0.25) is 0 Å². The van der Waals surface area contributed by atoms with Crippen molar-refractivity contribution in [1.29, 1.82) is 0 Å². The van der Waals surface area contributed by atoms with E-state index in [-0.39, 0.29) is 11.0 Å². The van der Waals surface area contributed by atoms with Crippen molar-refractivity contribution in [3.63, 3.8) is 0 Å². The second-order valence-corrected chi connectivity index (χ2v) is 9.20. The van der Waals surface area contributed by atoms with Gasteiger partial charge in [-0.1, -0.05) is 20.8 Å². The average molecular weight is 379 g/mol. The molecule has 0 aliphatic carbocycles. The van der Waals surface area contributed by atoms with E-state index in [1.54, 1.807) is 0 Å². The van der Waals surface area contributed by atoms with Crippen molar-refractivity contribution in [3.8, 4) is 0 Å². The Morgan fingerprint density at radius 1 is 0.778 bits per heavy atom. The highest BCUT2D eigenvalue weighted by Crippen LogP contribution is 2.29. The number of rotatable bonds is 5. The van der Waals surface area contributed by atoms with Gasteiger partial charge in [-0.25, -0.2) is 0 Å². The van der Waals surface area contributed by atoms with Crippen molar-refractivity contribution >= 4 is 17.8 Å². The van der Waals surface area contributed by atoms with Gasteiger partial charge in [-0.05, 0) is 25.7 Å². The third kappa shape index (κ3) is 5.90. The first kappa shape index (κ1) is 20.1. The van der Waals surface area contributed by atoms with Gasteiger partial charge >= 0.3 is 0 Å². The highest BCUT2D eigenvalue weighted by atomic mass is 16.5. The first-order valence-corrected chi connectivity index (χ1v) is 9.92. The maximum Gasteiger partial charge on any atom is 0.232 e. The second-order valence-electron chi connectivity index (χ2n) is 9.20. The van der Waals surface area contributed by atoms with Crippen LogP contribution in [0.3, 0.4) is 0 Å². The summed E-state index contributed by atoms with van der Waals surface area (Å²) in [6.45, 7) is 17.2. The summed E-state index contributed by atoms with van der Waals surface area (Å²) in [5.41, 5.74) is 0.0910. The number of nitrogens with one attached hydrogen (secondary N) is 1. The minimum Gasteiger partial charge on any atom is -0.378 e. The molecule has 152 valence electrons. The van der Waals surface area contributed by atoms with Gasteiger partial charge in [-0.15, -0.1) is 0 Å². The van der Waals surface area contributed by atoms with E-state index in [4.69, 9.17) is 24.4 Å². The summed E-state index contributed by atoms with van der Waals surface area (Å²) in [5, 5.41) is 3.56. The summed E-state index contributed by atoms with van der Waals surface area (Å²) in [6.07, 6.45) is 1.01. The molecule has 1 N–H and O–H groups in total. The van der Waals surface area contributed by atoms with Crippen molar-refractivity contribution < 1.29 is 9.47 Å². The summed E-state index contributed by atoms with van der Waals surface area (Å²) in [6, 6.07) is 0. The van der Waals surface area contributed by atoms with Gasteiger partial charge in [0.15, 0.2) is 0 Å². The van der Waals surface area contributed by atoms with Crippen LogP contribution in [0, 0.1) is 5.41 Å². The molecule has 0 saturated carbocycles. The highest BCUT2D eigenvalue weighted by Gasteiger charge is 2.28. The number of hydrogen-bond donors (Lipinski definition) is 1. The minimum atomic E-state index is -0.121. The maximum absolute atomic E-state index is 5.48. The number of morpholine rings is 2. The first-order valence-electron chi connectivity index (χ1n) is 9.92. The fourth-order valence-corrected chi connectivity index (χ4v) is 3.89. The van der Waals surface area contributed by atoms with E-state index in [0.717, 1.165) is 44.5 Å². The third-order valence-electron chi connectivity index (χ3n) is 4.62. The molecular formula is C19H34N6O2. The zero-order valence-corrected chi connectivity index (χ0v) is 17.4. The zero-order valence-electron chi connectivity index (χ0n) is 17.4. The van der Waals surface area contributed by atoms with Crippen LogP contribution in [0.25, 0.3) is 0 Å². The smallest absolute Gasteiger partial charge is 0.232 e. The lowest BCUT2D eigenvalue weighted by Gasteiger charge is -2.34. The van der Waals surface area contributed by atoms with Crippen LogP contribution in [0.1, 0.15) is 41.0 Å². The number of aromatic nitrogens is 3. The van der Waals surface area contributed by atoms with Crippen LogP contribution < -0.4 is 15.1 Å². The van der Waals surface area contributed by atoms with Gasteiger partial charge in [-0.3, -0.25) is 0 Å². The molecule has 2 fully saturated rings. The maximum atomic E-state index is 5.48. The van der Waals surface area contributed by atoms with Gasteiger partial charge in [0, 0.05) is 31.7 Å². The summed E-state index contributed by atoms with van der Waals surface area (Å²) < 4.78 is 11.0. The standard InChI is InChI=1S/C19H34N6O2/c1-18(2,3)14-19(4,5)23-15-20-16(24-6-10-26-11-7-24)22-17(21-15)25-8-12-27-13-9-25/h6-14H2,1-5H3,(H,20,21,22,23). The quantitative estimate of drug-likeness (QED) is 0.835. The number of nitrogens with zero attached hydrogens (tertiary/aromatic N) is 5. The van der Waals surface area contributed by atoms with Crippen LogP contribution in [0.15, 0.2) is 0 Å². The van der Waals surface area contributed by atoms with E-state index in [1.807, 2.05) is 0 Å². The normalized spacial score (nSPS) is 19.3. The number of hydrogen-bond acceptors (Lipinski definition) is 8. The average Bonchev–Trinajstić information content (AvgIpc) is 2.60. The Labute approximate surface area is 162 Å². The molecule has 27 heavy (non-hydrogen) atoms. The highest BCUT2D eigenvalue weighted by molar-refractivity contribution is 5.46. The monoisotopic (exact) mass is 378 g/mol. The van der Waals surface area contributed by atoms with Crippen LogP contribution in [-0.2, 0) is 9.47 Å². The summed E-state index contributed by atoms with van der Waals surface area (Å²) in [5.74, 6) is 2.09. The lowest BCUT2D eigenvalue weighted by Crippen LogP contribution is -2.41. The van der Waals surface area contributed by atoms with Gasteiger partial charge in [0.05, 0.1) is 26.4 Å². The molecular weight excluding hydrogens is 344 g/mol. The Morgan fingerprint density at radius 2 is 1.22 bits per heavy atom. The fourth-order valence-electron chi connectivity index (χ4n) is 3.89. The molecule has 1 aromatic rings. The largest absolute Gasteiger partial charge is 0.378 e. The van der Waals surface area contributed by atoms with Crippen molar-refractivity contribution in [3.05, 3.63) is 0 Å². The Kier molecular flexibility index (Phi) is 6.05. The molecule has 0 amide bonds. The van der Waals surface area contributed by atoms with Crippen molar-refractivity contribution in [2.75, 3.05) is 67.7 Å². The third-order valence-corrected chi connectivity index (χ3v) is 4.62. The van der Waals surface area contributed by atoms with E-state index in [1.165, 1.54) is 0 Å². The first-order chi connectivity index (χ1) is 12.7. The molecule has 8 nitrogen and oxygen atoms in total. The molecule has 0 unspecified atom stereocenters. The van der Waals surface area contributed by atoms with Crippen molar-refractivity contribution in [2.45, 2.75) is 46.6 Å². The van der Waals surface area contributed by atoms with Crippen LogP contribution in [0.4, 0.5) is 17.8 Å². The molecule has 0 atom stereocenters. The Balaban J connectivity index is 1.86.